The molecule has 0 amide bonds. The van der Waals surface area contributed by atoms with Crippen LogP contribution in [0, 0.1) is 0 Å². The molecule has 0 aromatic heterocycles. The Bertz CT molecular complexity index is 559. The van der Waals surface area contributed by atoms with Gasteiger partial charge in [0.1, 0.15) is 0 Å². The van der Waals surface area contributed by atoms with Gasteiger partial charge in [-0.2, -0.15) is 0 Å². The van der Waals surface area contributed by atoms with Gasteiger partial charge in [0, 0.05) is 12.8 Å². The topological polar surface area (TPSA) is 94.8 Å². The van der Waals surface area contributed by atoms with Gasteiger partial charge in [0.05, 0.1) is 6.61 Å². The maximum absolute atomic E-state index is 12.5. The van der Waals surface area contributed by atoms with Gasteiger partial charge in [0.2, 0.25) is 0 Å². The number of hydrogen-bond donors (Lipinski definition) is 3. The molecule has 0 aromatic rings. The summed E-state index contributed by atoms with van der Waals surface area (Å²) in [4.78, 5) is 24.8. The van der Waals surface area contributed by atoms with Crippen molar-refractivity contribution in [2.75, 3.05) is 6.61 Å². The fourth-order valence-corrected chi connectivity index (χ4v) is 4.56. The van der Waals surface area contributed by atoms with Crippen molar-refractivity contribution < 1.29 is 24.9 Å². The first kappa shape index (κ1) is 35.0. The number of carbonyl (C=O) groups excluding carboxylic acids is 2. The molecule has 0 aliphatic heterocycles. The van der Waals surface area contributed by atoms with Crippen molar-refractivity contribution in [1.29, 1.82) is 0 Å². The molecule has 212 valence electrons. The number of ketones is 2. The van der Waals surface area contributed by atoms with Gasteiger partial charge in [0.15, 0.2) is 23.3 Å². The Balaban J connectivity index is 3.94. The number of hydrogen-bond acceptors (Lipinski definition) is 5. The normalized spacial score (nSPS) is 14.2. The number of allylic oxidation sites excluding steroid dienone is 2. The van der Waals surface area contributed by atoms with E-state index >= 15 is 0 Å². The fraction of sp³-hybridized carbons (Fsp3) is 0.871. The zero-order valence-electron chi connectivity index (χ0n) is 23.7. The van der Waals surface area contributed by atoms with Crippen LogP contribution in [0.4, 0.5) is 0 Å². The lowest BCUT2D eigenvalue weighted by Gasteiger charge is -2.29. The van der Waals surface area contributed by atoms with Crippen molar-refractivity contribution >= 4 is 11.6 Å². The summed E-state index contributed by atoms with van der Waals surface area (Å²) >= 11 is 0. The molecule has 0 heterocycles. The number of rotatable bonds is 27. The van der Waals surface area contributed by atoms with Gasteiger partial charge in [-0.25, -0.2) is 0 Å². The van der Waals surface area contributed by atoms with E-state index in [1.165, 1.54) is 64.2 Å². The smallest absolute Gasteiger partial charge is 0.178 e. The van der Waals surface area contributed by atoms with E-state index in [1.807, 2.05) is 0 Å². The zero-order chi connectivity index (χ0) is 26.9. The summed E-state index contributed by atoms with van der Waals surface area (Å²) in [6.45, 7) is 3.48. The summed E-state index contributed by atoms with van der Waals surface area (Å²) in [5.74, 6) is -1.19. The molecule has 0 rings (SSSR count). The Labute approximate surface area is 222 Å². The van der Waals surface area contributed by atoms with E-state index in [2.05, 4.69) is 26.0 Å². The zero-order valence-corrected chi connectivity index (χ0v) is 23.7. The Morgan fingerprint density at radius 3 is 1.47 bits per heavy atom. The van der Waals surface area contributed by atoms with Gasteiger partial charge in [-0.1, -0.05) is 116 Å². The highest BCUT2D eigenvalue weighted by Crippen LogP contribution is 2.20. The van der Waals surface area contributed by atoms with Crippen LogP contribution in [0.15, 0.2) is 12.2 Å². The highest BCUT2D eigenvalue weighted by Gasteiger charge is 2.45. The van der Waals surface area contributed by atoms with Crippen LogP contribution in [0.1, 0.15) is 155 Å². The Morgan fingerprint density at radius 1 is 0.639 bits per heavy atom. The molecule has 2 unspecified atom stereocenters. The van der Waals surface area contributed by atoms with Crippen LogP contribution in [0.3, 0.4) is 0 Å². The predicted molar refractivity (Wildman–Crippen MR) is 150 cm³/mol. The second-order valence-corrected chi connectivity index (χ2v) is 10.6. The molecule has 0 aliphatic rings. The number of carbonyl (C=O) groups is 2. The van der Waals surface area contributed by atoms with Crippen LogP contribution < -0.4 is 0 Å². The third-order valence-corrected chi connectivity index (χ3v) is 7.17. The summed E-state index contributed by atoms with van der Waals surface area (Å²) in [7, 11) is 0. The maximum atomic E-state index is 12.5. The number of unbranched alkanes of at least 4 members (excludes halogenated alkanes) is 17. The van der Waals surface area contributed by atoms with Gasteiger partial charge >= 0.3 is 0 Å². The van der Waals surface area contributed by atoms with Crippen molar-refractivity contribution in [3.05, 3.63) is 12.2 Å². The molecule has 0 saturated heterocycles. The lowest BCUT2D eigenvalue weighted by molar-refractivity contribution is -0.165. The van der Waals surface area contributed by atoms with Crippen molar-refractivity contribution in [3.8, 4) is 0 Å². The van der Waals surface area contributed by atoms with E-state index in [-0.39, 0.29) is 12.8 Å². The van der Waals surface area contributed by atoms with Crippen molar-refractivity contribution in [1.82, 2.24) is 0 Å². The van der Waals surface area contributed by atoms with Crippen molar-refractivity contribution in [2.24, 2.45) is 0 Å². The molecule has 5 heteroatoms. The second kappa shape index (κ2) is 24.3. The van der Waals surface area contributed by atoms with Crippen molar-refractivity contribution in [3.63, 3.8) is 0 Å². The average Bonchev–Trinajstić information content (AvgIpc) is 2.89. The van der Waals surface area contributed by atoms with Crippen LogP contribution in [0.2, 0.25) is 0 Å². The first-order chi connectivity index (χ1) is 17.4. The lowest BCUT2D eigenvalue weighted by atomic mass is 9.85. The third kappa shape index (κ3) is 17.4. The van der Waals surface area contributed by atoms with Crippen LogP contribution in [-0.2, 0) is 9.59 Å². The minimum Gasteiger partial charge on any atom is -0.393 e. The Morgan fingerprint density at radius 2 is 1.03 bits per heavy atom. The first-order valence-electron chi connectivity index (χ1n) is 15.2. The maximum Gasteiger partial charge on any atom is 0.178 e. The summed E-state index contributed by atoms with van der Waals surface area (Å²) < 4.78 is 0. The molecular formula is C31H58O5. The van der Waals surface area contributed by atoms with Crippen LogP contribution >= 0.6 is 0 Å². The molecule has 3 N–H and O–H groups in total. The van der Waals surface area contributed by atoms with E-state index in [4.69, 9.17) is 0 Å². The predicted octanol–water partition coefficient (Wildman–Crippen LogP) is 7.39. The summed E-state index contributed by atoms with van der Waals surface area (Å²) in [6.07, 6.45) is 25.2. The van der Waals surface area contributed by atoms with E-state index < -0.39 is 29.9 Å². The van der Waals surface area contributed by atoms with Crippen LogP contribution in [-0.4, -0.2) is 45.2 Å². The first-order valence-corrected chi connectivity index (χ1v) is 15.2. The minimum absolute atomic E-state index is 0.0665. The molecule has 0 saturated carbocycles. The lowest BCUT2D eigenvalue weighted by Crippen LogP contribution is -2.55. The van der Waals surface area contributed by atoms with Crippen molar-refractivity contribution in [2.45, 2.75) is 167 Å². The SMILES string of the molecule is CCCCCCCCC=CCCCCCCCC(=O)C(O)(CO)C(O)C(=O)CCCCCCCCC. The van der Waals surface area contributed by atoms with E-state index in [0.29, 0.717) is 12.8 Å². The molecule has 5 nitrogen and oxygen atoms in total. The summed E-state index contributed by atoms with van der Waals surface area (Å²) in [5, 5.41) is 30.5. The Hall–Kier alpha value is -1.04. The second-order valence-electron chi connectivity index (χ2n) is 10.6. The molecule has 0 fully saturated rings. The minimum atomic E-state index is -2.38. The van der Waals surface area contributed by atoms with Gasteiger partial charge in [-0.05, 0) is 38.5 Å². The molecular weight excluding hydrogens is 452 g/mol. The molecule has 2 atom stereocenters. The molecule has 0 aromatic carbocycles. The van der Waals surface area contributed by atoms with E-state index in [1.54, 1.807) is 0 Å². The molecule has 0 radical (unpaired) electrons. The van der Waals surface area contributed by atoms with Gasteiger partial charge in [0.25, 0.3) is 0 Å². The average molecular weight is 511 g/mol. The molecule has 36 heavy (non-hydrogen) atoms. The largest absolute Gasteiger partial charge is 0.393 e. The molecule has 0 bridgehead atoms. The Kier molecular flexibility index (Phi) is 23.6. The van der Waals surface area contributed by atoms with Gasteiger partial charge < -0.3 is 15.3 Å². The van der Waals surface area contributed by atoms with Gasteiger partial charge in [-0.3, -0.25) is 9.59 Å². The number of Topliss-reactive ketones (excluding diaryl/α,β-unsaturated/α-hetero) is 2. The van der Waals surface area contributed by atoms with E-state index in [0.717, 1.165) is 51.4 Å². The highest BCUT2D eigenvalue weighted by atomic mass is 16.4. The van der Waals surface area contributed by atoms with Crippen LogP contribution in [0.25, 0.3) is 0 Å². The van der Waals surface area contributed by atoms with Gasteiger partial charge in [-0.15, -0.1) is 0 Å². The fourth-order valence-electron chi connectivity index (χ4n) is 4.56. The summed E-state index contributed by atoms with van der Waals surface area (Å²) in [6, 6.07) is 0. The number of aliphatic hydroxyl groups is 3. The third-order valence-electron chi connectivity index (χ3n) is 7.17. The standard InChI is InChI=1S/C31H58O5/c1-3-5-7-9-11-12-13-14-15-16-17-18-20-22-24-26-29(34)31(36,27-32)30(35)28(33)25-23-21-19-10-8-6-4-2/h14-15,30,32,35-36H,3-13,16-27H2,1-2H3. The van der Waals surface area contributed by atoms with E-state index in [9.17, 15) is 24.9 Å². The monoisotopic (exact) mass is 510 g/mol. The highest BCUT2D eigenvalue weighted by molar-refractivity contribution is 5.96. The van der Waals surface area contributed by atoms with Crippen LogP contribution in [0.5, 0.6) is 0 Å². The molecule has 0 spiro atoms. The quantitative estimate of drug-likeness (QED) is 0.0791. The number of aliphatic hydroxyl groups excluding tert-OH is 2. The molecule has 0 aliphatic carbocycles. The summed E-state index contributed by atoms with van der Waals surface area (Å²) in [5.41, 5.74) is -2.38.